The predicted molar refractivity (Wildman–Crippen MR) is 79.9 cm³/mol. The second-order valence-corrected chi connectivity index (χ2v) is 5.98. The van der Waals surface area contributed by atoms with Gasteiger partial charge in [-0.2, -0.15) is 0 Å². The van der Waals surface area contributed by atoms with Crippen molar-refractivity contribution in [2.75, 3.05) is 0 Å². The van der Waals surface area contributed by atoms with Gasteiger partial charge in [0.1, 0.15) is 0 Å². The molecule has 2 rings (SSSR count). The van der Waals surface area contributed by atoms with Gasteiger partial charge in [-0.3, -0.25) is 10.1 Å². The molecule has 0 saturated heterocycles. The van der Waals surface area contributed by atoms with E-state index in [1.165, 1.54) is 12.1 Å². The molecule has 6 nitrogen and oxygen atoms in total. The van der Waals surface area contributed by atoms with Crippen molar-refractivity contribution in [1.29, 1.82) is 0 Å². The molecule has 1 aromatic heterocycles. The van der Waals surface area contributed by atoms with Gasteiger partial charge in [0.25, 0.3) is 5.69 Å². The van der Waals surface area contributed by atoms with Gasteiger partial charge in [-0.25, -0.2) is 4.98 Å². The number of aromatic nitrogens is 1. The molecule has 0 aliphatic heterocycles. The molecule has 1 heterocycles. The van der Waals surface area contributed by atoms with Crippen molar-refractivity contribution in [1.82, 2.24) is 10.3 Å². The first kappa shape index (κ1) is 15.2. The van der Waals surface area contributed by atoms with Crippen LogP contribution >= 0.6 is 0 Å². The summed E-state index contributed by atoms with van der Waals surface area (Å²) in [5.74, 6) is 1.21. The van der Waals surface area contributed by atoms with E-state index < -0.39 is 4.92 Å². The molecule has 0 fully saturated rings. The van der Waals surface area contributed by atoms with E-state index in [1.807, 2.05) is 6.92 Å². The van der Waals surface area contributed by atoms with Crippen LogP contribution < -0.4 is 5.32 Å². The molecule has 2 aromatic rings. The van der Waals surface area contributed by atoms with Crippen LogP contribution in [0.2, 0.25) is 0 Å². The number of aryl methyl sites for hydroxylation is 1. The second-order valence-electron chi connectivity index (χ2n) is 5.98. The van der Waals surface area contributed by atoms with Crippen molar-refractivity contribution in [3.05, 3.63) is 46.0 Å². The molecule has 1 N–H and O–H groups in total. The lowest BCUT2D eigenvalue weighted by Gasteiger charge is -2.18. The summed E-state index contributed by atoms with van der Waals surface area (Å²) < 4.78 is 5.70. The summed E-state index contributed by atoms with van der Waals surface area (Å²) in [6.45, 7) is 8.56. The first-order valence-electron chi connectivity index (χ1n) is 6.71. The van der Waals surface area contributed by atoms with Gasteiger partial charge < -0.3 is 9.73 Å². The van der Waals surface area contributed by atoms with Gasteiger partial charge in [-0.05, 0) is 39.3 Å². The Bertz CT molecular complexity index is 656. The molecular formula is C15H19N3O3. The van der Waals surface area contributed by atoms with Crippen LogP contribution in [-0.4, -0.2) is 15.4 Å². The highest BCUT2D eigenvalue weighted by Crippen LogP contribution is 2.27. The lowest BCUT2D eigenvalue weighted by Crippen LogP contribution is -2.35. The molecule has 0 saturated carbocycles. The number of rotatable bonds is 4. The van der Waals surface area contributed by atoms with E-state index in [4.69, 9.17) is 4.42 Å². The highest BCUT2D eigenvalue weighted by Gasteiger charge is 2.14. The van der Waals surface area contributed by atoms with Crippen LogP contribution in [0, 0.1) is 17.0 Å². The van der Waals surface area contributed by atoms with Crippen molar-refractivity contribution in [2.45, 2.75) is 39.8 Å². The molecule has 0 aliphatic rings. The number of non-ortho nitro benzene ring substituents is 1. The molecule has 0 radical (unpaired) electrons. The molecule has 0 bridgehead atoms. The Balaban J connectivity index is 2.20. The Hall–Kier alpha value is -2.21. The standard InChI is InChI=1S/C15H19N3O3/c1-10-7-11(18(19)20)5-6-12(10)13-8-16-14(21-13)9-17-15(2,3)4/h5-8,17H,9H2,1-4H3. The van der Waals surface area contributed by atoms with Gasteiger partial charge >= 0.3 is 0 Å². The van der Waals surface area contributed by atoms with E-state index in [0.717, 1.165) is 11.1 Å². The van der Waals surface area contributed by atoms with Crippen LogP contribution in [0.25, 0.3) is 11.3 Å². The Morgan fingerprint density at radius 1 is 1.38 bits per heavy atom. The van der Waals surface area contributed by atoms with Gasteiger partial charge in [0, 0.05) is 23.2 Å². The second kappa shape index (κ2) is 5.65. The number of oxazole rings is 1. The fourth-order valence-corrected chi connectivity index (χ4v) is 1.90. The molecule has 0 spiro atoms. The Morgan fingerprint density at radius 2 is 2.10 bits per heavy atom. The average Bonchev–Trinajstić information content (AvgIpc) is 2.84. The topological polar surface area (TPSA) is 81.2 Å². The minimum atomic E-state index is -0.407. The normalized spacial score (nSPS) is 11.6. The van der Waals surface area contributed by atoms with Gasteiger partial charge in [0.05, 0.1) is 17.7 Å². The van der Waals surface area contributed by atoms with Crippen molar-refractivity contribution < 1.29 is 9.34 Å². The summed E-state index contributed by atoms with van der Waals surface area (Å²) in [6, 6.07) is 4.69. The van der Waals surface area contributed by atoms with Gasteiger partial charge in [-0.15, -0.1) is 0 Å². The lowest BCUT2D eigenvalue weighted by atomic mass is 10.1. The van der Waals surface area contributed by atoms with Crippen LogP contribution in [0.1, 0.15) is 32.2 Å². The Morgan fingerprint density at radius 3 is 2.67 bits per heavy atom. The monoisotopic (exact) mass is 289 g/mol. The average molecular weight is 289 g/mol. The zero-order chi connectivity index (χ0) is 15.6. The molecule has 0 amide bonds. The smallest absolute Gasteiger partial charge is 0.269 e. The van der Waals surface area contributed by atoms with Crippen molar-refractivity contribution in [3.8, 4) is 11.3 Å². The van der Waals surface area contributed by atoms with Gasteiger partial charge in [0.2, 0.25) is 5.89 Å². The number of benzene rings is 1. The van der Waals surface area contributed by atoms with E-state index in [2.05, 4.69) is 31.1 Å². The van der Waals surface area contributed by atoms with E-state index in [-0.39, 0.29) is 11.2 Å². The quantitative estimate of drug-likeness (QED) is 0.688. The number of nitro benzene ring substituents is 1. The molecule has 1 aromatic carbocycles. The first-order valence-corrected chi connectivity index (χ1v) is 6.71. The van der Waals surface area contributed by atoms with Crippen LogP contribution in [-0.2, 0) is 6.54 Å². The van der Waals surface area contributed by atoms with Crippen molar-refractivity contribution in [2.24, 2.45) is 0 Å². The maximum absolute atomic E-state index is 10.7. The fraction of sp³-hybridized carbons (Fsp3) is 0.400. The Kier molecular flexibility index (Phi) is 4.09. The first-order chi connectivity index (χ1) is 9.76. The molecular weight excluding hydrogens is 270 g/mol. The summed E-state index contributed by atoms with van der Waals surface area (Å²) in [4.78, 5) is 14.6. The van der Waals surface area contributed by atoms with E-state index in [0.29, 0.717) is 18.2 Å². The summed E-state index contributed by atoms with van der Waals surface area (Å²) in [5, 5.41) is 14.0. The minimum Gasteiger partial charge on any atom is -0.439 e. The van der Waals surface area contributed by atoms with E-state index in [9.17, 15) is 10.1 Å². The number of nitro groups is 1. The van der Waals surface area contributed by atoms with Crippen LogP contribution in [0.5, 0.6) is 0 Å². The van der Waals surface area contributed by atoms with Gasteiger partial charge in [0.15, 0.2) is 5.76 Å². The van der Waals surface area contributed by atoms with Crippen LogP contribution in [0.3, 0.4) is 0 Å². The SMILES string of the molecule is Cc1cc([N+](=O)[O-])ccc1-c1cnc(CNC(C)(C)C)o1. The molecule has 112 valence electrons. The zero-order valence-corrected chi connectivity index (χ0v) is 12.6. The maximum Gasteiger partial charge on any atom is 0.269 e. The summed E-state index contributed by atoms with van der Waals surface area (Å²) >= 11 is 0. The highest BCUT2D eigenvalue weighted by atomic mass is 16.6. The number of hydrogen-bond donors (Lipinski definition) is 1. The lowest BCUT2D eigenvalue weighted by molar-refractivity contribution is -0.384. The maximum atomic E-state index is 10.7. The molecule has 0 unspecified atom stereocenters. The molecule has 21 heavy (non-hydrogen) atoms. The Labute approximate surface area is 123 Å². The highest BCUT2D eigenvalue weighted by molar-refractivity contribution is 5.63. The molecule has 0 atom stereocenters. The fourth-order valence-electron chi connectivity index (χ4n) is 1.90. The minimum absolute atomic E-state index is 0.0160. The van der Waals surface area contributed by atoms with Gasteiger partial charge in [-0.1, -0.05) is 0 Å². The van der Waals surface area contributed by atoms with Crippen LogP contribution in [0.4, 0.5) is 5.69 Å². The molecule has 6 heteroatoms. The van der Waals surface area contributed by atoms with Crippen LogP contribution in [0.15, 0.2) is 28.8 Å². The third-order valence-corrected chi connectivity index (χ3v) is 3.01. The predicted octanol–water partition coefficient (Wildman–Crippen LogP) is 3.45. The third-order valence-electron chi connectivity index (χ3n) is 3.01. The number of hydrogen-bond acceptors (Lipinski definition) is 5. The van der Waals surface area contributed by atoms with Crippen molar-refractivity contribution in [3.63, 3.8) is 0 Å². The zero-order valence-electron chi connectivity index (χ0n) is 12.6. The third kappa shape index (κ3) is 3.88. The molecule has 0 aliphatic carbocycles. The largest absolute Gasteiger partial charge is 0.439 e. The number of nitrogens with one attached hydrogen (secondary N) is 1. The summed E-state index contributed by atoms with van der Waals surface area (Å²) in [6.07, 6.45) is 1.65. The summed E-state index contributed by atoms with van der Waals surface area (Å²) in [7, 11) is 0. The van der Waals surface area contributed by atoms with Crippen molar-refractivity contribution >= 4 is 5.69 Å². The van der Waals surface area contributed by atoms with E-state index >= 15 is 0 Å². The van der Waals surface area contributed by atoms with E-state index in [1.54, 1.807) is 12.3 Å². The summed E-state index contributed by atoms with van der Waals surface area (Å²) in [5.41, 5.74) is 1.66. The number of nitrogens with zero attached hydrogens (tertiary/aromatic N) is 2.